The Bertz CT molecular complexity index is 1280. The highest BCUT2D eigenvalue weighted by Gasteiger charge is 2.37. The monoisotopic (exact) mass is 501 g/mol. The highest BCUT2D eigenvalue weighted by atomic mass is 16.2. The van der Waals surface area contributed by atoms with Crippen molar-refractivity contribution in [2.24, 2.45) is 0 Å². The summed E-state index contributed by atoms with van der Waals surface area (Å²) in [6.45, 7) is 6.04. The zero-order valence-electron chi connectivity index (χ0n) is 21.6. The van der Waals surface area contributed by atoms with Crippen molar-refractivity contribution in [3.8, 4) is 0 Å². The third-order valence-electron chi connectivity index (χ3n) is 7.76. The second kappa shape index (κ2) is 10.8. The number of benzene rings is 2. The molecule has 37 heavy (non-hydrogen) atoms. The number of hydrogen-bond donors (Lipinski definition) is 2. The van der Waals surface area contributed by atoms with Gasteiger partial charge in [0.2, 0.25) is 11.8 Å². The van der Waals surface area contributed by atoms with Gasteiger partial charge < -0.3 is 15.2 Å². The second-order valence-electron chi connectivity index (χ2n) is 10.0. The summed E-state index contributed by atoms with van der Waals surface area (Å²) in [6, 6.07) is 16.4. The van der Waals surface area contributed by atoms with Gasteiger partial charge in [0.15, 0.2) is 5.78 Å². The minimum Gasteiger partial charge on any atom is -0.380 e. The van der Waals surface area contributed by atoms with E-state index in [-0.39, 0.29) is 42.6 Å². The summed E-state index contributed by atoms with van der Waals surface area (Å²) < 4.78 is 0. The topological polar surface area (TPSA) is 88.8 Å². The van der Waals surface area contributed by atoms with Crippen molar-refractivity contribution in [2.75, 3.05) is 42.9 Å². The van der Waals surface area contributed by atoms with E-state index >= 15 is 0 Å². The Morgan fingerprint density at radius 1 is 0.973 bits per heavy atom. The van der Waals surface area contributed by atoms with Crippen LogP contribution < -0.4 is 10.2 Å². The molecular weight excluding hydrogens is 466 g/mol. The maximum Gasteiger partial charge on any atom is 0.226 e. The van der Waals surface area contributed by atoms with Crippen LogP contribution in [0, 0.1) is 0 Å². The molecule has 0 radical (unpaired) electrons. The Morgan fingerprint density at radius 3 is 2.49 bits per heavy atom. The van der Waals surface area contributed by atoms with E-state index in [1.165, 1.54) is 30.5 Å². The van der Waals surface area contributed by atoms with Gasteiger partial charge in [0, 0.05) is 87.5 Å². The summed E-state index contributed by atoms with van der Waals surface area (Å²) in [4.78, 5) is 46.7. The fourth-order valence-corrected chi connectivity index (χ4v) is 5.87. The van der Waals surface area contributed by atoms with Crippen LogP contribution in [0.2, 0.25) is 0 Å². The third-order valence-corrected chi connectivity index (χ3v) is 7.76. The van der Waals surface area contributed by atoms with Crippen LogP contribution in [0.5, 0.6) is 0 Å². The number of hydrogen-bond acceptors (Lipinski definition) is 6. The molecule has 0 saturated carbocycles. The maximum absolute atomic E-state index is 13.7. The molecule has 0 spiro atoms. The maximum atomic E-state index is 13.7. The number of H-pyrrole nitrogens is 1. The Labute approximate surface area is 217 Å². The van der Waals surface area contributed by atoms with Gasteiger partial charge in [-0.2, -0.15) is 0 Å². The van der Waals surface area contributed by atoms with Crippen LogP contribution in [-0.4, -0.2) is 77.2 Å². The van der Waals surface area contributed by atoms with Crippen molar-refractivity contribution >= 4 is 39.9 Å². The highest BCUT2D eigenvalue weighted by molar-refractivity contribution is 5.94. The molecule has 5 rings (SSSR count). The number of aryl methyl sites for hydroxylation is 1. The number of rotatable bonds is 7. The number of carbonyl (C=O) groups excluding carboxylic acids is 3. The zero-order valence-corrected chi connectivity index (χ0v) is 21.6. The molecule has 8 nitrogen and oxygen atoms in total. The quantitative estimate of drug-likeness (QED) is 0.516. The molecule has 2 amide bonds. The number of Topliss-reactive ketones (excluding diaryl/α,β-unsaturated/α-hetero) is 1. The number of anilines is 2. The van der Waals surface area contributed by atoms with Gasteiger partial charge in [-0.3, -0.25) is 24.2 Å². The van der Waals surface area contributed by atoms with Crippen molar-refractivity contribution in [3.63, 3.8) is 0 Å². The van der Waals surface area contributed by atoms with Gasteiger partial charge in [-0.15, -0.1) is 0 Å². The first-order valence-electron chi connectivity index (χ1n) is 13.1. The average molecular weight is 502 g/mol. The molecule has 2 atom stereocenters. The molecule has 1 fully saturated rings. The predicted octanol–water partition coefficient (Wildman–Crippen LogP) is 3.44. The summed E-state index contributed by atoms with van der Waals surface area (Å²) in [5.41, 5.74) is 4.69. The summed E-state index contributed by atoms with van der Waals surface area (Å²) in [7, 11) is 0. The number of fused-ring (bicyclic) bond motifs is 2. The summed E-state index contributed by atoms with van der Waals surface area (Å²) >= 11 is 0. The number of aromatic amines is 1. The van der Waals surface area contributed by atoms with Crippen LogP contribution in [-0.2, 0) is 20.8 Å². The van der Waals surface area contributed by atoms with Crippen LogP contribution in [0.1, 0.15) is 32.3 Å². The van der Waals surface area contributed by atoms with E-state index in [1.807, 2.05) is 18.3 Å². The fraction of sp³-hybridized carbons (Fsp3) is 0.414. The Hall–Kier alpha value is -3.65. The fourth-order valence-electron chi connectivity index (χ4n) is 5.87. The normalized spacial score (nSPS) is 18.6. The van der Waals surface area contributed by atoms with Crippen molar-refractivity contribution in [3.05, 3.63) is 60.3 Å². The standard InChI is InChI=1S/C29H35N5O3/c1-20(35)34(21(2)36)15-13-28(37)29(26-11-10-22-6-3-4-7-24(22)31-26)33-18-16-32(17-19-33)27-9-5-8-25-23(27)12-14-30-25/h3-9,12,14,26,29-31H,10-11,13,15-19H2,1-2H3. The van der Waals surface area contributed by atoms with Gasteiger partial charge in [0.1, 0.15) is 0 Å². The molecule has 1 saturated heterocycles. The van der Waals surface area contributed by atoms with E-state index in [4.69, 9.17) is 0 Å². The number of nitrogens with zero attached hydrogens (tertiary/aromatic N) is 3. The van der Waals surface area contributed by atoms with Gasteiger partial charge in [-0.25, -0.2) is 0 Å². The SMILES string of the molecule is CC(=O)N(CCC(=O)C(C1CCc2ccccc2N1)N1CCN(c2cccc3[nH]ccc23)CC1)C(C)=O. The van der Waals surface area contributed by atoms with Crippen molar-refractivity contribution in [1.29, 1.82) is 0 Å². The first kappa shape index (κ1) is 25.0. The number of aromatic nitrogens is 1. The van der Waals surface area contributed by atoms with E-state index in [9.17, 15) is 14.4 Å². The second-order valence-corrected chi connectivity index (χ2v) is 10.0. The number of piperazine rings is 1. The lowest BCUT2D eigenvalue weighted by Gasteiger charge is -2.44. The predicted molar refractivity (Wildman–Crippen MR) is 146 cm³/mol. The highest BCUT2D eigenvalue weighted by Crippen LogP contribution is 2.30. The minimum atomic E-state index is -0.325. The number of nitrogens with one attached hydrogen (secondary N) is 2. The molecule has 0 bridgehead atoms. The molecule has 3 aromatic rings. The first-order valence-corrected chi connectivity index (χ1v) is 13.1. The van der Waals surface area contributed by atoms with Crippen molar-refractivity contribution in [1.82, 2.24) is 14.8 Å². The van der Waals surface area contributed by atoms with E-state index in [0.29, 0.717) is 0 Å². The lowest BCUT2D eigenvalue weighted by Crippen LogP contribution is -2.59. The molecule has 194 valence electrons. The number of amides is 2. The van der Waals surface area contributed by atoms with E-state index in [0.717, 1.165) is 55.1 Å². The van der Waals surface area contributed by atoms with Crippen LogP contribution in [0.25, 0.3) is 10.9 Å². The molecular formula is C29H35N5O3. The van der Waals surface area contributed by atoms with Crippen LogP contribution in [0.4, 0.5) is 11.4 Å². The molecule has 2 unspecified atom stereocenters. The Morgan fingerprint density at radius 2 is 1.73 bits per heavy atom. The lowest BCUT2D eigenvalue weighted by atomic mass is 9.89. The lowest BCUT2D eigenvalue weighted by molar-refractivity contribution is -0.142. The number of imide groups is 1. The molecule has 1 aromatic heterocycles. The van der Waals surface area contributed by atoms with Gasteiger partial charge in [-0.1, -0.05) is 24.3 Å². The molecule has 8 heteroatoms. The molecule has 2 aliphatic heterocycles. The largest absolute Gasteiger partial charge is 0.380 e. The van der Waals surface area contributed by atoms with Crippen LogP contribution in [0.3, 0.4) is 0 Å². The molecule has 2 aromatic carbocycles. The Balaban J connectivity index is 1.33. The number of carbonyl (C=O) groups is 3. The van der Waals surface area contributed by atoms with Gasteiger partial charge in [0.05, 0.1) is 6.04 Å². The molecule has 2 N–H and O–H groups in total. The minimum absolute atomic E-state index is 0.0230. The van der Waals surface area contributed by atoms with E-state index in [2.05, 4.69) is 56.5 Å². The third kappa shape index (κ3) is 5.25. The zero-order chi connectivity index (χ0) is 25.9. The number of para-hydroxylation sites is 1. The summed E-state index contributed by atoms with van der Waals surface area (Å²) in [5, 5.41) is 4.86. The van der Waals surface area contributed by atoms with Crippen molar-refractivity contribution < 1.29 is 14.4 Å². The molecule has 0 aliphatic carbocycles. The van der Waals surface area contributed by atoms with Crippen molar-refractivity contribution in [2.45, 2.75) is 45.2 Å². The van der Waals surface area contributed by atoms with Gasteiger partial charge >= 0.3 is 0 Å². The molecule has 2 aliphatic rings. The summed E-state index contributed by atoms with van der Waals surface area (Å²) in [5.74, 6) is -0.575. The Kier molecular flexibility index (Phi) is 7.28. The summed E-state index contributed by atoms with van der Waals surface area (Å²) in [6.07, 6.45) is 3.91. The van der Waals surface area contributed by atoms with Crippen LogP contribution >= 0.6 is 0 Å². The first-order chi connectivity index (χ1) is 17.9. The van der Waals surface area contributed by atoms with Gasteiger partial charge in [0.25, 0.3) is 0 Å². The molecule has 3 heterocycles. The number of ketones is 1. The average Bonchev–Trinajstić information content (AvgIpc) is 3.38. The van der Waals surface area contributed by atoms with E-state index < -0.39 is 0 Å². The van der Waals surface area contributed by atoms with Crippen LogP contribution in [0.15, 0.2) is 54.7 Å². The van der Waals surface area contributed by atoms with E-state index in [1.54, 1.807) is 0 Å². The van der Waals surface area contributed by atoms with Gasteiger partial charge in [-0.05, 0) is 42.7 Å². The smallest absolute Gasteiger partial charge is 0.226 e.